The third-order valence-corrected chi connectivity index (χ3v) is 3.99. The van der Waals surface area contributed by atoms with Crippen LogP contribution in [0.25, 0.3) is 11.5 Å². The Balaban J connectivity index is 1.82. The van der Waals surface area contributed by atoms with Crippen LogP contribution in [0.1, 0.15) is 52.8 Å². The third kappa shape index (κ3) is 6.75. The van der Waals surface area contributed by atoms with Crippen LogP contribution in [0, 0.1) is 6.92 Å². The van der Waals surface area contributed by atoms with Crippen molar-refractivity contribution in [3.05, 3.63) is 24.0 Å². The number of aryl methyl sites for hydroxylation is 1. The summed E-state index contributed by atoms with van der Waals surface area (Å²) in [5, 5.41) is 10.1. The maximum atomic E-state index is 11.6. The Morgan fingerprint density at radius 2 is 2.07 bits per heavy atom. The summed E-state index contributed by atoms with van der Waals surface area (Å²) in [5.41, 5.74) is 8.07. The molecule has 28 heavy (non-hydrogen) atoms. The van der Waals surface area contributed by atoms with E-state index in [1.165, 1.54) is 0 Å². The Morgan fingerprint density at radius 1 is 1.32 bits per heavy atom. The average Bonchev–Trinajstić information content (AvgIpc) is 3.01. The number of nitrogens with one attached hydrogen (secondary N) is 2. The van der Waals surface area contributed by atoms with Gasteiger partial charge in [0.05, 0.1) is 23.5 Å². The second-order valence-corrected chi connectivity index (χ2v) is 7.97. The molecule has 1 amide bonds. The number of rotatable bonds is 8. The molecule has 8 nitrogen and oxygen atoms in total. The van der Waals surface area contributed by atoms with Crippen molar-refractivity contribution >= 4 is 17.5 Å². The Labute approximate surface area is 166 Å². The van der Waals surface area contributed by atoms with E-state index < -0.39 is 0 Å². The number of alkyl carbamates (subject to hydrolysis) is 1. The molecule has 0 fully saturated rings. The number of carbonyl (C=O) groups excluding carboxylic acids is 1. The highest BCUT2D eigenvalue weighted by Crippen LogP contribution is 2.32. The van der Waals surface area contributed by atoms with Gasteiger partial charge in [0.25, 0.3) is 5.89 Å². The lowest BCUT2D eigenvalue weighted by molar-refractivity contribution is 0.135. The minimum Gasteiger partial charge on any atom is -0.450 e. The van der Waals surface area contributed by atoms with Crippen molar-refractivity contribution in [2.24, 2.45) is 0 Å². The number of benzene rings is 1. The molecule has 1 atom stereocenters. The summed E-state index contributed by atoms with van der Waals surface area (Å²) in [6.07, 6.45) is 2.23. The molecular formula is C20H31N5O3. The van der Waals surface area contributed by atoms with Gasteiger partial charge < -0.3 is 25.6 Å². The number of nitrogens with zero attached hydrogens (tertiary/aromatic N) is 2. The minimum atomic E-state index is -0.379. The van der Waals surface area contributed by atoms with E-state index in [1.54, 1.807) is 6.92 Å². The van der Waals surface area contributed by atoms with Gasteiger partial charge in [0.15, 0.2) is 5.82 Å². The first-order valence-corrected chi connectivity index (χ1v) is 9.56. The lowest BCUT2D eigenvalue weighted by atomic mass is 10.1. The van der Waals surface area contributed by atoms with E-state index in [9.17, 15) is 4.79 Å². The molecule has 2 aromatic rings. The second-order valence-electron chi connectivity index (χ2n) is 7.97. The van der Waals surface area contributed by atoms with E-state index in [0.29, 0.717) is 24.0 Å². The summed E-state index contributed by atoms with van der Waals surface area (Å²) in [5.74, 6) is 1.02. The van der Waals surface area contributed by atoms with Crippen LogP contribution in [-0.2, 0) is 4.74 Å². The Kier molecular flexibility index (Phi) is 7.25. The summed E-state index contributed by atoms with van der Waals surface area (Å²) in [6.45, 7) is 10.0. The molecule has 2 rings (SSSR count). The molecular weight excluding hydrogens is 358 g/mol. The molecule has 0 unspecified atom stereocenters. The van der Waals surface area contributed by atoms with Crippen molar-refractivity contribution in [2.75, 3.05) is 17.7 Å². The van der Waals surface area contributed by atoms with Crippen LogP contribution in [0.4, 0.5) is 16.2 Å². The number of hydrogen-bond donors (Lipinski definition) is 3. The number of carbonyl (C=O) groups is 1. The maximum Gasteiger partial charge on any atom is 0.407 e. The molecule has 0 aliphatic heterocycles. The first-order chi connectivity index (χ1) is 13.2. The normalized spacial score (nSPS) is 12.5. The molecule has 0 spiro atoms. The predicted octanol–water partition coefficient (Wildman–Crippen LogP) is 4.12. The quantitative estimate of drug-likeness (QED) is 0.459. The number of nitrogens with two attached hydrogens (primary N) is 1. The summed E-state index contributed by atoms with van der Waals surface area (Å²) >= 11 is 0. The van der Waals surface area contributed by atoms with Crippen LogP contribution in [0.5, 0.6) is 0 Å². The zero-order chi connectivity index (χ0) is 20.7. The molecule has 1 aromatic carbocycles. The minimum absolute atomic E-state index is 0.177. The van der Waals surface area contributed by atoms with E-state index in [0.717, 1.165) is 30.5 Å². The van der Waals surface area contributed by atoms with Gasteiger partial charge in [-0.05, 0) is 66.0 Å². The molecule has 1 heterocycles. The summed E-state index contributed by atoms with van der Waals surface area (Å²) in [6, 6.07) is 5.78. The predicted molar refractivity (Wildman–Crippen MR) is 110 cm³/mol. The number of ether oxygens (including phenoxy) is 1. The standard InChI is InChI=1S/C20H31N5O3/c1-13(9-6-7-12-27-19(26)24-20(3,4)5)22-17-15(10-8-11-16(17)21)18-23-14(2)25-28-18/h8,10-11,13,22H,6-7,9,12,21H2,1-5H3,(H,24,26)/t13-/m0/s1. The maximum absolute atomic E-state index is 11.6. The SMILES string of the molecule is Cc1noc(-c2cccc(N)c2N[C@@H](C)CCCCOC(=O)NC(C)(C)C)n1. The fraction of sp³-hybridized carbons (Fsp3) is 0.550. The van der Waals surface area contributed by atoms with Crippen LogP contribution >= 0.6 is 0 Å². The van der Waals surface area contributed by atoms with Crippen molar-refractivity contribution in [3.8, 4) is 11.5 Å². The van der Waals surface area contributed by atoms with Crippen LogP contribution in [0.2, 0.25) is 0 Å². The largest absolute Gasteiger partial charge is 0.450 e. The number of amides is 1. The van der Waals surface area contributed by atoms with Gasteiger partial charge in [-0.25, -0.2) is 4.79 Å². The van der Waals surface area contributed by atoms with Crippen molar-refractivity contribution in [3.63, 3.8) is 0 Å². The van der Waals surface area contributed by atoms with Crippen molar-refractivity contribution in [1.29, 1.82) is 0 Å². The van der Waals surface area contributed by atoms with Crippen molar-refractivity contribution in [1.82, 2.24) is 15.5 Å². The fourth-order valence-electron chi connectivity index (χ4n) is 2.69. The van der Waals surface area contributed by atoms with Gasteiger partial charge in [0, 0.05) is 11.6 Å². The van der Waals surface area contributed by atoms with Gasteiger partial charge in [0.1, 0.15) is 0 Å². The van der Waals surface area contributed by atoms with Crippen LogP contribution in [0.15, 0.2) is 22.7 Å². The highest BCUT2D eigenvalue weighted by molar-refractivity contribution is 5.83. The van der Waals surface area contributed by atoms with E-state index in [1.807, 2.05) is 39.0 Å². The highest BCUT2D eigenvalue weighted by atomic mass is 16.5. The lowest BCUT2D eigenvalue weighted by Gasteiger charge is -2.20. The number of para-hydroxylation sites is 1. The average molecular weight is 390 g/mol. The highest BCUT2D eigenvalue weighted by Gasteiger charge is 2.16. The van der Waals surface area contributed by atoms with Crippen LogP contribution in [0.3, 0.4) is 0 Å². The topological polar surface area (TPSA) is 115 Å². The Hall–Kier alpha value is -2.77. The first-order valence-electron chi connectivity index (χ1n) is 9.56. The molecule has 0 saturated carbocycles. The number of aromatic nitrogens is 2. The molecule has 154 valence electrons. The third-order valence-electron chi connectivity index (χ3n) is 3.99. The smallest absolute Gasteiger partial charge is 0.407 e. The summed E-state index contributed by atoms with van der Waals surface area (Å²) in [4.78, 5) is 15.9. The van der Waals surface area contributed by atoms with Gasteiger partial charge in [-0.15, -0.1) is 0 Å². The van der Waals surface area contributed by atoms with Crippen molar-refractivity contribution < 1.29 is 14.1 Å². The molecule has 0 bridgehead atoms. The van der Waals surface area contributed by atoms with Crippen molar-refractivity contribution in [2.45, 2.75) is 65.5 Å². The number of unbranched alkanes of at least 4 members (excludes halogenated alkanes) is 1. The van der Waals surface area contributed by atoms with Crippen LogP contribution < -0.4 is 16.4 Å². The number of hydrogen-bond acceptors (Lipinski definition) is 7. The zero-order valence-electron chi connectivity index (χ0n) is 17.3. The number of nitrogen functional groups attached to an aromatic ring is 1. The molecule has 0 saturated heterocycles. The van der Waals surface area contributed by atoms with Gasteiger partial charge in [-0.3, -0.25) is 0 Å². The fourth-order valence-corrected chi connectivity index (χ4v) is 2.69. The molecule has 1 aromatic heterocycles. The van der Waals surface area contributed by atoms with Gasteiger partial charge >= 0.3 is 6.09 Å². The molecule has 8 heteroatoms. The Morgan fingerprint density at radius 3 is 2.71 bits per heavy atom. The van der Waals surface area contributed by atoms with E-state index in [-0.39, 0.29) is 17.7 Å². The Bertz CT molecular complexity index is 782. The van der Waals surface area contributed by atoms with E-state index in [2.05, 4.69) is 27.7 Å². The number of anilines is 2. The monoisotopic (exact) mass is 389 g/mol. The zero-order valence-corrected chi connectivity index (χ0v) is 17.3. The van der Waals surface area contributed by atoms with E-state index >= 15 is 0 Å². The molecule has 0 radical (unpaired) electrons. The molecule has 0 aliphatic rings. The first kappa shape index (κ1) is 21.5. The second kappa shape index (κ2) is 9.43. The molecule has 4 N–H and O–H groups in total. The summed E-state index contributed by atoms with van der Waals surface area (Å²) < 4.78 is 10.5. The molecule has 0 aliphatic carbocycles. The van der Waals surface area contributed by atoms with Gasteiger partial charge in [-0.1, -0.05) is 11.2 Å². The lowest BCUT2D eigenvalue weighted by Crippen LogP contribution is -2.41. The van der Waals surface area contributed by atoms with Gasteiger partial charge in [-0.2, -0.15) is 4.98 Å². The van der Waals surface area contributed by atoms with Gasteiger partial charge in [0.2, 0.25) is 0 Å². The summed E-state index contributed by atoms with van der Waals surface area (Å²) in [7, 11) is 0. The van der Waals surface area contributed by atoms with E-state index in [4.69, 9.17) is 15.0 Å². The van der Waals surface area contributed by atoms with Crippen LogP contribution in [-0.4, -0.2) is 34.4 Å².